The first kappa shape index (κ1) is 12.2. The predicted octanol–water partition coefficient (Wildman–Crippen LogP) is 0.934. The lowest BCUT2D eigenvalue weighted by Crippen LogP contribution is -2.34. The first-order chi connectivity index (χ1) is 7.19. The minimum Gasteiger partial charge on any atom is -0.396 e. The number of hydrogen-bond acceptors (Lipinski definition) is 3. The average Bonchev–Trinajstić information content (AvgIpc) is 2.50. The Morgan fingerprint density at radius 2 is 1.87 bits per heavy atom. The molecule has 0 aromatic carbocycles. The highest BCUT2D eigenvalue weighted by molar-refractivity contribution is 6.01. The second-order valence-corrected chi connectivity index (χ2v) is 4.07. The molecule has 0 aromatic heterocycles. The first-order valence-electron chi connectivity index (χ1n) is 5.63. The third-order valence-corrected chi connectivity index (χ3v) is 2.83. The third-order valence-electron chi connectivity index (χ3n) is 2.83. The Labute approximate surface area is 90.3 Å². The van der Waals surface area contributed by atoms with Gasteiger partial charge in [-0.2, -0.15) is 0 Å². The molecule has 86 valence electrons. The minimum atomic E-state index is -0.0564. The second kappa shape index (κ2) is 5.85. The Kier molecular flexibility index (Phi) is 4.75. The van der Waals surface area contributed by atoms with Gasteiger partial charge in [0.1, 0.15) is 0 Å². The molecule has 1 saturated heterocycles. The molecule has 0 aliphatic carbocycles. The summed E-state index contributed by atoms with van der Waals surface area (Å²) in [6.07, 6.45) is 3.36. The average molecular weight is 213 g/mol. The number of rotatable bonds is 6. The summed E-state index contributed by atoms with van der Waals surface area (Å²) in [6.45, 7) is 2.69. The van der Waals surface area contributed by atoms with Crippen molar-refractivity contribution < 1.29 is 14.7 Å². The summed E-state index contributed by atoms with van der Waals surface area (Å²) < 4.78 is 0. The smallest absolute Gasteiger partial charge is 0.229 e. The van der Waals surface area contributed by atoms with E-state index in [1.54, 1.807) is 0 Å². The van der Waals surface area contributed by atoms with Crippen molar-refractivity contribution in [2.45, 2.75) is 39.0 Å². The molecule has 0 bridgehead atoms. The molecule has 4 heteroatoms. The molecule has 1 aliphatic rings. The van der Waals surface area contributed by atoms with Crippen LogP contribution in [0.15, 0.2) is 0 Å². The van der Waals surface area contributed by atoms with Gasteiger partial charge in [-0.3, -0.25) is 14.5 Å². The summed E-state index contributed by atoms with van der Waals surface area (Å²) in [5.41, 5.74) is 0. The maximum absolute atomic E-state index is 11.4. The van der Waals surface area contributed by atoms with Gasteiger partial charge in [0.15, 0.2) is 0 Å². The van der Waals surface area contributed by atoms with E-state index in [1.165, 1.54) is 4.90 Å². The van der Waals surface area contributed by atoms with Gasteiger partial charge in [0.05, 0.1) is 0 Å². The van der Waals surface area contributed by atoms with Gasteiger partial charge >= 0.3 is 0 Å². The number of aliphatic hydroxyl groups excluding tert-OH is 1. The van der Waals surface area contributed by atoms with Gasteiger partial charge in [0.25, 0.3) is 0 Å². The summed E-state index contributed by atoms with van der Waals surface area (Å²) in [4.78, 5) is 24.1. The van der Waals surface area contributed by atoms with Gasteiger partial charge in [-0.15, -0.1) is 0 Å². The number of likely N-dealkylation sites (tertiary alicyclic amines) is 1. The Bertz CT molecular complexity index is 218. The van der Waals surface area contributed by atoms with E-state index in [0.717, 1.165) is 12.8 Å². The zero-order valence-corrected chi connectivity index (χ0v) is 9.24. The van der Waals surface area contributed by atoms with Crippen molar-refractivity contribution in [3.05, 3.63) is 0 Å². The van der Waals surface area contributed by atoms with Gasteiger partial charge in [0.2, 0.25) is 11.8 Å². The van der Waals surface area contributed by atoms with Crippen molar-refractivity contribution in [2.24, 2.45) is 5.92 Å². The summed E-state index contributed by atoms with van der Waals surface area (Å²) >= 11 is 0. The molecule has 1 rings (SSSR count). The SMILES string of the molecule is CCCC(CCO)CN1C(=O)CCC1=O. The molecular formula is C11H19NO3. The van der Waals surface area contributed by atoms with Crippen LogP contribution >= 0.6 is 0 Å². The summed E-state index contributed by atoms with van der Waals surface area (Å²) in [6, 6.07) is 0. The number of aliphatic hydroxyl groups is 1. The van der Waals surface area contributed by atoms with E-state index in [4.69, 9.17) is 5.11 Å². The van der Waals surface area contributed by atoms with E-state index >= 15 is 0 Å². The quantitative estimate of drug-likeness (QED) is 0.668. The lowest BCUT2D eigenvalue weighted by atomic mass is 10.00. The lowest BCUT2D eigenvalue weighted by Gasteiger charge is -2.21. The molecule has 1 aliphatic heterocycles. The van der Waals surface area contributed by atoms with Crippen molar-refractivity contribution in [2.75, 3.05) is 13.2 Å². The molecule has 1 atom stereocenters. The monoisotopic (exact) mass is 213 g/mol. The molecule has 0 saturated carbocycles. The molecule has 0 radical (unpaired) electrons. The Morgan fingerprint density at radius 1 is 1.27 bits per heavy atom. The fraction of sp³-hybridized carbons (Fsp3) is 0.818. The zero-order chi connectivity index (χ0) is 11.3. The fourth-order valence-electron chi connectivity index (χ4n) is 2.00. The van der Waals surface area contributed by atoms with Gasteiger partial charge in [0, 0.05) is 26.0 Å². The first-order valence-corrected chi connectivity index (χ1v) is 5.63. The summed E-state index contributed by atoms with van der Waals surface area (Å²) in [7, 11) is 0. The third kappa shape index (κ3) is 3.30. The molecule has 1 unspecified atom stereocenters. The van der Waals surface area contributed by atoms with Crippen molar-refractivity contribution in [1.82, 2.24) is 4.90 Å². The van der Waals surface area contributed by atoms with Gasteiger partial charge in [-0.1, -0.05) is 13.3 Å². The van der Waals surface area contributed by atoms with Crippen LogP contribution in [0.3, 0.4) is 0 Å². The van der Waals surface area contributed by atoms with Crippen molar-refractivity contribution in [3.8, 4) is 0 Å². The number of amides is 2. The van der Waals surface area contributed by atoms with E-state index in [9.17, 15) is 9.59 Å². The number of carbonyl (C=O) groups is 2. The van der Waals surface area contributed by atoms with E-state index in [-0.39, 0.29) is 24.3 Å². The molecule has 1 heterocycles. The molecular weight excluding hydrogens is 194 g/mol. The summed E-state index contributed by atoms with van der Waals surface area (Å²) in [5, 5.41) is 8.88. The topological polar surface area (TPSA) is 57.6 Å². The van der Waals surface area contributed by atoms with Crippen LogP contribution in [-0.4, -0.2) is 35.0 Å². The standard InChI is InChI=1S/C11H19NO3/c1-2-3-9(6-7-13)8-12-10(14)4-5-11(12)15/h9,13H,2-8H2,1H3. The van der Waals surface area contributed by atoms with Crippen molar-refractivity contribution >= 4 is 11.8 Å². The lowest BCUT2D eigenvalue weighted by molar-refractivity contribution is -0.139. The number of carbonyl (C=O) groups excluding carboxylic acids is 2. The van der Waals surface area contributed by atoms with Gasteiger partial charge < -0.3 is 5.11 Å². The van der Waals surface area contributed by atoms with Crippen LogP contribution in [0.25, 0.3) is 0 Å². The molecule has 4 nitrogen and oxygen atoms in total. The minimum absolute atomic E-state index is 0.0564. The number of imide groups is 1. The van der Waals surface area contributed by atoms with E-state index in [2.05, 4.69) is 6.92 Å². The maximum Gasteiger partial charge on any atom is 0.229 e. The van der Waals surface area contributed by atoms with Crippen LogP contribution in [-0.2, 0) is 9.59 Å². The Balaban J connectivity index is 2.48. The normalized spacial score (nSPS) is 18.7. The Morgan fingerprint density at radius 3 is 2.33 bits per heavy atom. The highest BCUT2D eigenvalue weighted by Crippen LogP contribution is 2.18. The maximum atomic E-state index is 11.4. The van der Waals surface area contributed by atoms with E-state index < -0.39 is 0 Å². The van der Waals surface area contributed by atoms with Crippen LogP contribution in [0.1, 0.15) is 39.0 Å². The van der Waals surface area contributed by atoms with Crippen molar-refractivity contribution in [3.63, 3.8) is 0 Å². The van der Waals surface area contributed by atoms with Crippen LogP contribution in [0.4, 0.5) is 0 Å². The molecule has 2 amide bonds. The Hall–Kier alpha value is -0.900. The van der Waals surface area contributed by atoms with Gasteiger partial charge in [-0.25, -0.2) is 0 Å². The fourth-order valence-corrected chi connectivity index (χ4v) is 2.00. The van der Waals surface area contributed by atoms with Crippen molar-refractivity contribution in [1.29, 1.82) is 0 Å². The molecule has 1 fully saturated rings. The molecule has 1 N–H and O–H groups in total. The van der Waals surface area contributed by atoms with Gasteiger partial charge in [-0.05, 0) is 18.8 Å². The second-order valence-electron chi connectivity index (χ2n) is 4.07. The predicted molar refractivity (Wildman–Crippen MR) is 56.1 cm³/mol. The summed E-state index contributed by atoms with van der Waals surface area (Å²) in [5.74, 6) is 0.143. The highest BCUT2D eigenvalue weighted by atomic mass is 16.3. The van der Waals surface area contributed by atoms with E-state index in [0.29, 0.717) is 25.8 Å². The number of hydrogen-bond donors (Lipinski definition) is 1. The zero-order valence-electron chi connectivity index (χ0n) is 9.24. The van der Waals surface area contributed by atoms with Crippen LogP contribution in [0, 0.1) is 5.92 Å². The number of nitrogens with zero attached hydrogens (tertiary/aromatic N) is 1. The van der Waals surface area contributed by atoms with Crippen LogP contribution in [0.2, 0.25) is 0 Å². The van der Waals surface area contributed by atoms with Crippen LogP contribution < -0.4 is 0 Å². The van der Waals surface area contributed by atoms with Crippen LogP contribution in [0.5, 0.6) is 0 Å². The molecule has 15 heavy (non-hydrogen) atoms. The largest absolute Gasteiger partial charge is 0.396 e. The molecule has 0 aromatic rings. The highest BCUT2D eigenvalue weighted by Gasteiger charge is 2.30. The van der Waals surface area contributed by atoms with E-state index in [1.807, 2.05) is 0 Å². The molecule has 0 spiro atoms.